The molecule has 0 aliphatic carbocycles. The Bertz CT molecular complexity index is 736. The third-order valence-electron chi connectivity index (χ3n) is 2.77. The van der Waals surface area contributed by atoms with E-state index in [1.54, 1.807) is 4.68 Å². The standard InChI is InChI=1S/C15H13N2O.ClHO4/c1-17-15(13-10-6-3-7-11-13)18-14(16-17)12-8-4-2-5-9-12;2-1(3,4)5/h2-11H,1H3;(H,2,3,4,5)/q+1;/p-1. The van der Waals surface area contributed by atoms with Crippen LogP contribution in [0.5, 0.6) is 0 Å². The topological polar surface area (TPSA) is 122 Å². The smallest absolute Gasteiger partial charge is 0.377 e. The van der Waals surface area contributed by atoms with E-state index in [0.717, 1.165) is 17.0 Å². The summed E-state index contributed by atoms with van der Waals surface area (Å²) in [5, 5.41) is 4.41. The highest BCUT2D eigenvalue weighted by atomic mass is 35.7. The van der Waals surface area contributed by atoms with Crippen molar-refractivity contribution in [2.24, 2.45) is 7.05 Å². The van der Waals surface area contributed by atoms with Crippen molar-refractivity contribution in [1.29, 1.82) is 0 Å². The van der Waals surface area contributed by atoms with Crippen molar-refractivity contribution in [2.75, 3.05) is 0 Å². The van der Waals surface area contributed by atoms with Crippen LogP contribution in [0.3, 0.4) is 0 Å². The van der Waals surface area contributed by atoms with Gasteiger partial charge in [-0.25, -0.2) is 18.6 Å². The van der Waals surface area contributed by atoms with E-state index in [4.69, 9.17) is 23.1 Å². The van der Waals surface area contributed by atoms with Crippen LogP contribution in [-0.2, 0) is 7.05 Å². The first-order chi connectivity index (χ1) is 10.8. The fourth-order valence-electron chi connectivity index (χ4n) is 1.88. The summed E-state index contributed by atoms with van der Waals surface area (Å²) in [6.45, 7) is 0. The average molecular weight is 337 g/mol. The van der Waals surface area contributed by atoms with Crippen molar-refractivity contribution >= 4 is 0 Å². The zero-order valence-electron chi connectivity index (χ0n) is 12.1. The largest absolute Gasteiger partial charge is 0.407 e. The van der Waals surface area contributed by atoms with E-state index in [1.807, 2.05) is 67.7 Å². The van der Waals surface area contributed by atoms with Crippen LogP contribution >= 0.6 is 0 Å². The summed E-state index contributed by atoms with van der Waals surface area (Å²) < 4.78 is 41.6. The molecule has 3 rings (SSSR count). The molecule has 120 valence electrons. The number of nitrogens with zero attached hydrogens (tertiary/aromatic N) is 2. The van der Waals surface area contributed by atoms with Gasteiger partial charge in [-0.05, 0) is 28.9 Å². The average Bonchev–Trinajstić information content (AvgIpc) is 2.89. The van der Waals surface area contributed by atoms with Gasteiger partial charge in [0.05, 0.1) is 5.56 Å². The normalized spacial score (nSPS) is 10.8. The first kappa shape index (κ1) is 17.1. The molecule has 3 aromatic rings. The maximum atomic E-state index is 8.49. The molecule has 0 N–H and O–H groups in total. The third kappa shape index (κ3) is 5.44. The van der Waals surface area contributed by atoms with Gasteiger partial charge in [-0.15, -0.1) is 10.2 Å². The van der Waals surface area contributed by atoms with Gasteiger partial charge >= 0.3 is 5.89 Å². The molecule has 0 radical (unpaired) electrons. The number of benzene rings is 2. The van der Waals surface area contributed by atoms with Crippen LogP contribution < -0.4 is 23.3 Å². The Hall–Kier alpha value is -2.29. The van der Waals surface area contributed by atoms with E-state index in [9.17, 15) is 0 Å². The van der Waals surface area contributed by atoms with Crippen molar-refractivity contribution in [3.05, 3.63) is 60.7 Å². The van der Waals surface area contributed by atoms with Crippen LogP contribution in [-0.4, -0.2) is 5.10 Å². The molecule has 2 aromatic carbocycles. The molecule has 0 bridgehead atoms. The van der Waals surface area contributed by atoms with Crippen molar-refractivity contribution in [3.8, 4) is 22.9 Å². The minimum Gasteiger partial charge on any atom is -0.377 e. The molecule has 0 amide bonds. The molecule has 0 spiro atoms. The summed E-state index contributed by atoms with van der Waals surface area (Å²) in [6.07, 6.45) is 0. The van der Waals surface area contributed by atoms with Crippen LogP contribution in [0.2, 0.25) is 0 Å². The molecule has 0 saturated heterocycles. The van der Waals surface area contributed by atoms with Crippen molar-refractivity contribution in [2.45, 2.75) is 0 Å². The van der Waals surface area contributed by atoms with Crippen molar-refractivity contribution < 1.29 is 38.0 Å². The van der Waals surface area contributed by atoms with Gasteiger partial charge in [-0.2, -0.15) is 0 Å². The van der Waals surface area contributed by atoms with Gasteiger partial charge in [0.25, 0.3) is 5.89 Å². The molecule has 8 heteroatoms. The van der Waals surface area contributed by atoms with Crippen molar-refractivity contribution in [3.63, 3.8) is 0 Å². The molecule has 1 heterocycles. The van der Waals surface area contributed by atoms with Gasteiger partial charge < -0.3 is 4.42 Å². The lowest BCUT2D eigenvalue weighted by atomic mass is 10.2. The highest BCUT2D eigenvalue weighted by Gasteiger charge is 2.20. The second-order valence-electron chi connectivity index (χ2n) is 4.45. The van der Waals surface area contributed by atoms with Crippen molar-refractivity contribution in [1.82, 2.24) is 5.10 Å². The molecule has 0 unspecified atom stereocenters. The highest BCUT2D eigenvalue weighted by Crippen LogP contribution is 2.21. The second-order valence-corrected chi connectivity index (χ2v) is 5.20. The Labute approximate surface area is 134 Å². The molecule has 0 fully saturated rings. The molecule has 0 aliphatic rings. The maximum absolute atomic E-state index is 8.49. The highest BCUT2D eigenvalue weighted by molar-refractivity contribution is 5.55. The minimum atomic E-state index is -4.94. The summed E-state index contributed by atoms with van der Waals surface area (Å²) in [5.74, 6) is 1.39. The van der Waals surface area contributed by atoms with E-state index >= 15 is 0 Å². The number of aryl methyl sites for hydroxylation is 1. The van der Waals surface area contributed by atoms with Crippen LogP contribution in [0, 0.1) is 10.2 Å². The maximum Gasteiger partial charge on any atom is 0.407 e. The SMILES string of the molecule is C[n+]1nc(-c2ccccc2)oc1-c1ccccc1.[O-][Cl+3]([O-])([O-])[O-]. The molecule has 1 aromatic heterocycles. The second kappa shape index (κ2) is 7.32. The summed E-state index contributed by atoms with van der Waals surface area (Å²) in [5.41, 5.74) is 2.00. The zero-order valence-corrected chi connectivity index (χ0v) is 12.8. The summed E-state index contributed by atoms with van der Waals surface area (Å²) in [6, 6.07) is 19.9. The molecule has 0 atom stereocenters. The lowest BCUT2D eigenvalue weighted by Gasteiger charge is -2.17. The lowest BCUT2D eigenvalue weighted by molar-refractivity contribution is -2.00. The fourth-order valence-corrected chi connectivity index (χ4v) is 1.88. The minimum absolute atomic E-state index is 0.636. The van der Waals surface area contributed by atoms with Gasteiger partial charge in [-0.3, -0.25) is 0 Å². The Kier molecular flexibility index (Phi) is 5.43. The van der Waals surface area contributed by atoms with E-state index in [-0.39, 0.29) is 0 Å². The molecule has 23 heavy (non-hydrogen) atoms. The van der Waals surface area contributed by atoms with E-state index in [2.05, 4.69) is 5.10 Å². The van der Waals surface area contributed by atoms with Crippen LogP contribution in [0.25, 0.3) is 22.9 Å². The van der Waals surface area contributed by atoms with Gasteiger partial charge in [0.1, 0.15) is 0 Å². The Balaban J connectivity index is 0.000000338. The molecule has 0 aliphatic heterocycles. The van der Waals surface area contributed by atoms with Crippen LogP contribution in [0.4, 0.5) is 0 Å². The van der Waals surface area contributed by atoms with Gasteiger partial charge in [-0.1, -0.05) is 36.4 Å². The monoisotopic (exact) mass is 336 g/mol. The lowest BCUT2D eigenvalue weighted by Crippen LogP contribution is -2.68. The molecule has 0 saturated carbocycles. The number of rotatable bonds is 2. The van der Waals surface area contributed by atoms with E-state index in [1.165, 1.54) is 0 Å². The van der Waals surface area contributed by atoms with Crippen LogP contribution in [0.15, 0.2) is 65.1 Å². The quantitative estimate of drug-likeness (QED) is 0.503. The summed E-state index contributed by atoms with van der Waals surface area (Å²) in [4.78, 5) is 0. The predicted molar refractivity (Wildman–Crippen MR) is 68.6 cm³/mol. The molecule has 7 nitrogen and oxygen atoms in total. The zero-order chi connectivity index (χ0) is 16.9. The van der Waals surface area contributed by atoms with E-state index < -0.39 is 10.2 Å². The van der Waals surface area contributed by atoms with Gasteiger partial charge in [0, 0.05) is 10.7 Å². The third-order valence-corrected chi connectivity index (χ3v) is 2.77. The van der Waals surface area contributed by atoms with Gasteiger partial charge in [0.15, 0.2) is 7.05 Å². The summed E-state index contributed by atoms with van der Waals surface area (Å²) in [7, 11) is -3.06. The first-order valence-corrected chi connectivity index (χ1v) is 7.68. The van der Waals surface area contributed by atoms with Gasteiger partial charge in [0.2, 0.25) is 0 Å². The predicted octanol–water partition coefficient (Wildman–Crippen LogP) is -1.92. The number of hydrogen-bond acceptors (Lipinski definition) is 6. The number of aromatic nitrogens is 2. The van der Waals surface area contributed by atoms with Crippen LogP contribution in [0.1, 0.15) is 0 Å². The van der Waals surface area contributed by atoms with E-state index in [0.29, 0.717) is 5.89 Å². The molecular formula is C15H13ClN2O5. The fraction of sp³-hybridized carbons (Fsp3) is 0.0667. The first-order valence-electron chi connectivity index (χ1n) is 6.44. The summed E-state index contributed by atoms with van der Waals surface area (Å²) >= 11 is 0. The Morgan fingerprint density at radius 1 is 0.826 bits per heavy atom. The molecular weight excluding hydrogens is 324 g/mol. The Morgan fingerprint density at radius 3 is 1.74 bits per heavy atom. The number of hydrogen-bond donors (Lipinski definition) is 0. The number of halogens is 1. The Morgan fingerprint density at radius 2 is 1.26 bits per heavy atom.